The maximum atomic E-state index is 11.8. The van der Waals surface area contributed by atoms with Gasteiger partial charge in [-0.3, -0.25) is 0 Å². The van der Waals surface area contributed by atoms with E-state index in [-0.39, 0.29) is 6.03 Å². The van der Waals surface area contributed by atoms with Crippen LogP contribution in [0, 0.1) is 6.92 Å². The molecule has 0 radical (unpaired) electrons. The zero-order valence-electron chi connectivity index (χ0n) is 10.7. The highest BCUT2D eigenvalue weighted by Crippen LogP contribution is 2.27. The van der Waals surface area contributed by atoms with Gasteiger partial charge in [-0.05, 0) is 36.8 Å². The largest absolute Gasteiger partial charge is 0.387 e. The van der Waals surface area contributed by atoms with Crippen molar-refractivity contribution in [3.8, 4) is 0 Å². The number of nitrogens with one attached hydrogen (secondary N) is 2. The van der Waals surface area contributed by atoms with Crippen LogP contribution in [0.25, 0.3) is 0 Å². The molecule has 0 aliphatic carbocycles. The van der Waals surface area contributed by atoms with Gasteiger partial charge in [0.15, 0.2) is 0 Å². The number of anilines is 1. The lowest BCUT2D eigenvalue weighted by atomic mass is 10.0. The summed E-state index contributed by atoms with van der Waals surface area (Å²) in [5.74, 6) is 1.63. The van der Waals surface area contributed by atoms with Gasteiger partial charge in [-0.15, -0.1) is 0 Å². The number of hydrogen-bond acceptors (Lipinski definition) is 3. The average molecular weight is 345 g/mol. The van der Waals surface area contributed by atoms with Gasteiger partial charge < -0.3 is 15.7 Å². The Balaban J connectivity index is 1.89. The zero-order chi connectivity index (χ0) is 13.9. The van der Waals surface area contributed by atoms with Crippen molar-refractivity contribution in [2.45, 2.75) is 18.9 Å². The third-order valence-electron chi connectivity index (χ3n) is 3.11. The van der Waals surface area contributed by atoms with E-state index >= 15 is 0 Å². The summed E-state index contributed by atoms with van der Waals surface area (Å²) >= 11 is 5.09. The maximum absolute atomic E-state index is 11.8. The van der Waals surface area contributed by atoms with E-state index in [2.05, 4.69) is 26.6 Å². The predicted octanol–water partition coefficient (Wildman–Crippen LogP) is 2.75. The molecule has 1 unspecified atom stereocenters. The second-order valence-corrected chi connectivity index (χ2v) is 6.81. The molecule has 0 aromatic heterocycles. The normalized spacial score (nSPS) is 22.3. The SMILES string of the molecule is Cc1ccc(Br)cc1NC(=O)NCC1(O)CCSC1. The molecular formula is C13H17BrN2O2S. The van der Waals surface area contributed by atoms with Crippen molar-refractivity contribution in [1.29, 1.82) is 0 Å². The molecule has 2 rings (SSSR count). The van der Waals surface area contributed by atoms with Crippen molar-refractivity contribution in [3.63, 3.8) is 0 Å². The van der Waals surface area contributed by atoms with Crippen LogP contribution in [0.4, 0.5) is 10.5 Å². The number of urea groups is 1. The summed E-state index contributed by atoms with van der Waals surface area (Å²) in [6.45, 7) is 2.22. The molecule has 4 nitrogen and oxygen atoms in total. The molecular weight excluding hydrogens is 328 g/mol. The van der Waals surface area contributed by atoms with Crippen LogP contribution in [0.2, 0.25) is 0 Å². The molecule has 1 saturated heterocycles. The van der Waals surface area contributed by atoms with Gasteiger partial charge in [-0.1, -0.05) is 22.0 Å². The van der Waals surface area contributed by atoms with Crippen molar-refractivity contribution in [2.24, 2.45) is 0 Å². The molecule has 1 aliphatic heterocycles. The van der Waals surface area contributed by atoms with Gasteiger partial charge in [-0.25, -0.2) is 4.79 Å². The van der Waals surface area contributed by atoms with Gasteiger partial charge >= 0.3 is 6.03 Å². The molecule has 6 heteroatoms. The number of benzene rings is 1. The minimum Gasteiger partial charge on any atom is -0.387 e. The molecule has 0 saturated carbocycles. The molecule has 1 aliphatic rings. The topological polar surface area (TPSA) is 61.4 Å². The monoisotopic (exact) mass is 344 g/mol. The van der Waals surface area contributed by atoms with Crippen LogP contribution >= 0.6 is 27.7 Å². The molecule has 1 aromatic rings. The Labute approximate surface area is 125 Å². The molecule has 1 atom stereocenters. The Morgan fingerprint density at radius 2 is 2.37 bits per heavy atom. The van der Waals surface area contributed by atoms with Crippen molar-refractivity contribution < 1.29 is 9.90 Å². The van der Waals surface area contributed by atoms with Gasteiger partial charge in [0.25, 0.3) is 0 Å². The van der Waals surface area contributed by atoms with Crippen molar-refractivity contribution in [3.05, 3.63) is 28.2 Å². The number of aliphatic hydroxyl groups is 1. The second kappa shape index (κ2) is 6.15. The third kappa shape index (κ3) is 4.12. The van der Waals surface area contributed by atoms with Crippen LogP contribution < -0.4 is 10.6 Å². The van der Waals surface area contributed by atoms with E-state index in [0.717, 1.165) is 27.9 Å². The Hall–Kier alpha value is -0.720. The summed E-state index contributed by atoms with van der Waals surface area (Å²) in [6.07, 6.45) is 0.730. The predicted molar refractivity (Wildman–Crippen MR) is 82.8 cm³/mol. The molecule has 3 N–H and O–H groups in total. The van der Waals surface area contributed by atoms with E-state index in [0.29, 0.717) is 12.3 Å². The first-order chi connectivity index (χ1) is 8.98. The quantitative estimate of drug-likeness (QED) is 0.789. The third-order valence-corrected chi connectivity index (χ3v) is 4.84. The number of halogens is 1. The first-order valence-electron chi connectivity index (χ1n) is 6.10. The summed E-state index contributed by atoms with van der Waals surface area (Å²) < 4.78 is 0.916. The minimum atomic E-state index is -0.756. The lowest BCUT2D eigenvalue weighted by Crippen LogP contribution is -2.44. The van der Waals surface area contributed by atoms with E-state index in [1.807, 2.05) is 25.1 Å². The van der Waals surface area contributed by atoms with Crippen LogP contribution in [-0.2, 0) is 0 Å². The highest BCUT2D eigenvalue weighted by atomic mass is 79.9. The van der Waals surface area contributed by atoms with Gasteiger partial charge in [-0.2, -0.15) is 11.8 Å². The highest BCUT2D eigenvalue weighted by molar-refractivity contribution is 9.10. The van der Waals surface area contributed by atoms with Gasteiger partial charge in [0.2, 0.25) is 0 Å². The summed E-state index contributed by atoms with van der Waals surface area (Å²) in [5.41, 5.74) is 1.00. The molecule has 104 valence electrons. The molecule has 19 heavy (non-hydrogen) atoms. The maximum Gasteiger partial charge on any atom is 0.319 e. The minimum absolute atomic E-state index is 0.286. The number of aryl methyl sites for hydroxylation is 1. The number of amides is 2. The fourth-order valence-electron chi connectivity index (χ4n) is 1.88. The molecule has 1 aromatic carbocycles. The summed E-state index contributed by atoms with van der Waals surface area (Å²) in [4.78, 5) is 11.8. The number of hydrogen-bond donors (Lipinski definition) is 3. The Morgan fingerprint density at radius 3 is 3.05 bits per heavy atom. The summed E-state index contributed by atoms with van der Waals surface area (Å²) in [6, 6.07) is 5.43. The molecule has 0 spiro atoms. The van der Waals surface area contributed by atoms with E-state index < -0.39 is 5.60 Å². The van der Waals surface area contributed by atoms with Crippen LogP contribution in [0.5, 0.6) is 0 Å². The first kappa shape index (κ1) is 14.7. The molecule has 0 bridgehead atoms. The lowest BCUT2D eigenvalue weighted by molar-refractivity contribution is 0.0706. The molecule has 2 amide bonds. The Morgan fingerprint density at radius 1 is 1.58 bits per heavy atom. The smallest absolute Gasteiger partial charge is 0.319 e. The first-order valence-corrected chi connectivity index (χ1v) is 8.04. The average Bonchev–Trinajstić information content (AvgIpc) is 2.79. The fourth-order valence-corrected chi connectivity index (χ4v) is 3.53. The number of carbonyl (C=O) groups is 1. The van der Waals surface area contributed by atoms with Crippen molar-refractivity contribution in [2.75, 3.05) is 23.4 Å². The summed E-state index contributed by atoms with van der Waals surface area (Å²) in [7, 11) is 0. The van der Waals surface area contributed by atoms with Crippen LogP contribution in [0.3, 0.4) is 0 Å². The van der Waals surface area contributed by atoms with Crippen LogP contribution in [0.15, 0.2) is 22.7 Å². The van der Waals surface area contributed by atoms with E-state index in [4.69, 9.17) is 0 Å². The van der Waals surface area contributed by atoms with Gasteiger partial charge in [0.05, 0.1) is 5.60 Å². The molecule has 1 heterocycles. The van der Waals surface area contributed by atoms with Gasteiger partial charge in [0, 0.05) is 22.5 Å². The summed E-state index contributed by atoms with van der Waals surface area (Å²) in [5, 5.41) is 15.7. The van der Waals surface area contributed by atoms with Crippen LogP contribution in [-0.4, -0.2) is 34.8 Å². The van der Waals surface area contributed by atoms with Crippen LogP contribution in [0.1, 0.15) is 12.0 Å². The van der Waals surface area contributed by atoms with E-state index in [1.54, 1.807) is 11.8 Å². The number of carbonyl (C=O) groups excluding carboxylic acids is 1. The lowest BCUT2D eigenvalue weighted by Gasteiger charge is -2.21. The second-order valence-electron chi connectivity index (χ2n) is 4.79. The van der Waals surface area contributed by atoms with E-state index in [9.17, 15) is 9.90 Å². The van der Waals surface area contributed by atoms with E-state index in [1.165, 1.54) is 0 Å². The van der Waals surface area contributed by atoms with Crippen molar-refractivity contribution >= 4 is 39.4 Å². The van der Waals surface area contributed by atoms with Gasteiger partial charge in [0.1, 0.15) is 0 Å². The number of rotatable bonds is 3. The standard InChI is InChI=1S/C13H17BrN2O2S/c1-9-2-3-10(14)6-11(9)16-12(17)15-7-13(18)4-5-19-8-13/h2-3,6,18H,4-5,7-8H2,1H3,(H2,15,16,17). The number of thioether (sulfide) groups is 1. The Kier molecular flexibility index (Phi) is 4.76. The van der Waals surface area contributed by atoms with Crippen molar-refractivity contribution in [1.82, 2.24) is 5.32 Å². The molecule has 1 fully saturated rings. The highest BCUT2D eigenvalue weighted by Gasteiger charge is 2.31. The fraction of sp³-hybridized carbons (Fsp3) is 0.462. The zero-order valence-corrected chi connectivity index (χ0v) is 13.1. The Bertz CT molecular complexity index is 476.